The molecule has 0 aromatic heterocycles. The van der Waals surface area contributed by atoms with Crippen LogP contribution in [0.3, 0.4) is 0 Å². The van der Waals surface area contributed by atoms with Gasteiger partial charge in [-0.3, -0.25) is 4.79 Å². The predicted octanol–water partition coefficient (Wildman–Crippen LogP) is 4.40. The zero-order valence-corrected chi connectivity index (χ0v) is 19.6. The van der Waals surface area contributed by atoms with Crippen molar-refractivity contribution in [2.24, 2.45) is 5.92 Å². The van der Waals surface area contributed by atoms with E-state index >= 15 is 0 Å². The van der Waals surface area contributed by atoms with Crippen molar-refractivity contribution >= 4 is 12.0 Å². The highest BCUT2D eigenvalue weighted by Gasteiger charge is 2.32. The zero-order chi connectivity index (χ0) is 22.9. The van der Waals surface area contributed by atoms with Gasteiger partial charge >= 0.3 is 6.09 Å². The molecular formula is C24H38N2O5. The summed E-state index contributed by atoms with van der Waals surface area (Å²) in [5, 5.41) is 2.99. The molecule has 2 atom stereocenters. The van der Waals surface area contributed by atoms with Crippen molar-refractivity contribution in [3.8, 4) is 11.5 Å². The van der Waals surface area contributed by atoms with Gasteiger partial charge in [0.15, 0.2) is 0 Å². The molecule has 7 heteroatoms. The molecule has 0 aliphatic carbocycles. The topological polar surface area (TPSA) is 77.1 Å². The molecule has 0 radical (unpaired) electrons. The molecule has 2 rings (SSSR count). The van der Waals surface area contributed by atoms with Crippen LogP contribution in [0.4, 0.5) is 4.79 Å². The number of hydrogen-bond acceptors (Lipinski definition) is 5. The smallest absolute Gasteiger partial charge is 0.407 e. The summed E-state index contributed by atoms with van der Waals surface area (Å²) in [6.45, 7) is 12.0. The van der Waals surface area contributed by atoms with E-state index < -0.39 is 5.60 Å². The van der Waals surface area contributed by atoms with Gasteiger partial charge in [-0.2, -0.15) is 0 Å². The monoisotopic (exact) mass is 434 g/mol. The second-order valence-corrected chi connectivity index (χ2v) is 8.91. The van der Waals surface area contributed by atoms with Gasteiger partial charge < -0.3 is 24.4 Å². The molecule has 1 aromatic rings. The first kappa shape index (κ1) is 24.8. The van der Waals surface area contributed by atoms with Gasteiger partial charge in [0, 0.05) is 25.6 Å². The Kier molecular flexibility index (Phi) is 9.46. The molecule has 31 heavy (non-hydrogen) atoms. The molecule has 7 nitrogen and oxygen atoms in total. The van der Waals surface area contributed by atoms with Crippen molar-refractivity contribution in [1.82, 2.24) is 10.2 Å². The first-order valence-electron chi connectivity index (χ1n) is 11.3. The molecule has 1 fully saturated rings. The van der Waals surface area contributed by atoms with E-state index in [-0.39, 0.29) is 24.0 Å². The van der Waals surface area contributed by atoms with Crippen molar-refractivity contribution in [1.29, 1.82) is 0 Å². The maximum Gasteiger partial charge on any atom is 0.407 e. The van der Waals surface area contributed by atoms with Gasteiger partial charge in [0.2, 0.25) is 5.91 Å². The second kappa shape index (κ2) is 11.8. The highest BCUT2D eigenvalue weighted by Crippen LogP contribution is 2.22. The Bertz CT molecular complexity index is 699. The fraction of sp³-hybridized carbons (Fsp3) is 0.667. The molecule has 0 bridgehead atoms. The Morgan fingerprint density at radius 2 is 1.74 bits per heavy atom. The van der Waals surface area contributed by atoms with Gasteiger partial charge in [0.1, 0.15) is 17.1 Å². The van der Waals surface area contributed by atoms with Crippen LogP contribution >= 0.6 is 0 Å². The van der Waals surface area contributed by atoms with E-state index in [4.69, 9.17) is 14.2 Å². The van der Waals surface area contributed by atoms with Gasteiger partial charge in [-0.05, 0) is 77.1 Å². The third-order valence-electron chi connectivity index (χ3n) is 5.25. The van der Waals surface area contributed by atoms with Gasteiger partial charge in [-0.1, -0.05) is 6.92 Å². The van der Waals surface area contributed by atoms with E-state index in [1.807, 2.05) is 56.9 Å². The van der Waals surface area contributed by atoms with Crippen molar-refractivity contribution < 1.29 is 23.8 Å². The Labute approximate surface area is 186 Å². The van der Waals surface area contributed by atoms with E-state index in [9.17, 15) is 9.59 Å². The lowest BCUT2D eigenvalue weighted by atomic mass is 9.89. The maximum absolute atomic E-state index is 12.6. The van der Waals surface area contributed by atoms with Crippen LogP contribution in [0, 0.1) is 5.92 Å². The van der Waals surface area contributed by atoms with Crippen LogP contribution in [0.25, 0.3) is 0 Å². The van der Waals surface area contributed by atoms with Gasteiger partial charge in [-0.25, -0.2) is 4.79 Å². The van der Waals surface area contributed by atoms with E-state index in [1.54, 1.807) is 0 Å². The van der Waals surface area contributed by atoms with E-state index in [2.05, 4.69) is 12.2 Å². The summed E-state index contributed by atoms with van der Waals surface area (Å²) in [6, 6.07) is 7.54. The van der Waals surface area contributed by atoms with Crippen molar-refractivity contribution in [2.45, 2.75) is 71.9 Å². The van der Waals surface area contributed by atoms with Crippen molar-refractivity contribution in [3.05, 3.63) is 24.3 Å². The third-order valence-corrected chi connectivity index (χ3v) is 5.25. The lowest BCUT2D eigenvalue weighted by Gasteiger charge is -2.38. The molecular weight excluding hydrogens is 396 g/mol. The Hall–Kier alpha value is -2.44. The molecule has 1 N–H and O–H groups in total. The predicted molar refractivity (Wildman–Crippen MR) is 120 cm³/mol. The minimum absolute atomic E-state index is 0.0342. The van der Waals surface area contributed by atoms with Crippen LogP contribution < -0.4 is 14.8 Å². The van der Waals surface area contributed by atoms with Crippen LogP contribution in [0.5, 0.6) is 11.5 Å². The Morgan fingerprint density at radius 1 is 1.10 bits per heavy atom. The highest BCUT2D eigenvalue weighted by molar-refractivity contribution is 5.76. The average molecular weight is 435 g/mol. The normalized spacial score (nSPS) is 18.9. The summed E-state index contributed by atoms with van der Waals surface area (Å²) in [4.78, 5) is 26.7. The Morgan fingerprint density at radius 3 is 2.32 bits per heavy atom. The summed E-state index contributed by atoms with van der Waals surface area (Å²) >= 11 is 0. The fourth-order valence-electron chi connectivity index (χ4n) is 3.69. The molecule has 1 aromatic carbocycles. The first-order valence-corrected chi connectivity index (χ1v) is 11.3. The third kappa shape index (κ3) is 8.67. The molecule has 2 amide bonds. The number of nitrogens with zero attached hydrogens (tertiary/aromatic N) is 1. The average Bonchev–Trinajstić information content (AvgIpc) is 2.71. The van der Waals surface area contributed by atoms with E-state index in [0.717, 1.165) is 24.3 Å². The van der Waals surface area contributed by atoms with Crippen LogP contribution in [0.1, 0.15) is 60.3 Å². The number of ether oxygens (including phenoxy) is 3. The molecule has 1 aliphatic rings. The van der Waals surface area contributed by atoms with Crippen LogP contribution in [0.15, 0.2) is 24.3 Å². The lowest BCUT2D eigenvalue weighted by Crippen LogP contribution is -2.53. The van der Waals surface area contributed by atoms with Gasteiger partial charge in [-0.15, -0.1) is 0 Å². The van der Waals surface area contributed by atoms with Crippen LogP contribution in [-0.2, 0) is 9.53 Å². The minimum atomic E-state index is -0.518. The zero-order valence-electron chi connectivity index (χ0n) is 19.6. The molecule has 0 spiro atoms. The first-order chi connectivity index (χ1) is 14.7. The molecule has 1 heterocycles. The molecule has 1 saturated heterocycles. The largest absolute Gasteiger partial charge is 0.494 e. The van der Waals surface area contributed by atoms with Crippen molar-refractivity contribution in [2.75, 3.05) is 26.3 Å². The van der Waals surface area contributed by atoms with E-state index in [1.165, 1.54) is 0 Å². The molecule has 0 unspecified atom stereocenters. The maximum atomic E-state index is 12.6. The number of piperidine rings is 1. The summed E-state index contributed by atoms with van der Waals surface area (Å²) in [6.07, 6.45) is 2.37. The van der Waals surface area contributed by atoms with Gasteiger partial charge in [0.25, 0.3) is 0 Å². The van der Waals surface area contributed by atoms with Crippen LogP contribution in [0.2, 0.25) is 0 Å². The number of benzene rings is 1. The second-order valence-electron chi connectivity index (χ2n) is 8.91. The number of carbonyl (C=O) groups is 2. The molecule has 174 valence electrons. The fourth-order valence-corrected chi connectivity index (χ4v) is 3.69. The SMILES string of the molecule is CCOc1ccc(OCCCC(=O)N2CC[C@H](NC(=O)OC(C)(C)C)[C@H](CC)C2)cc1. The standard InChI is InChI=1S/C24H38N2O5/c1-6-18-17-26(15-14-21(18)25-23(28)31-24(3,4)5)22(27)9-8-16-30-20-12-10-19(11-13-20)29-7-2/h10-13,18,21H,6-9,14-17H2,1-5H3,(H,25,28)/t18-,21+/m1/s1. The number of amides is 2. The summed E-state index contributed by atoms with van der Waals surface area (Å²) in [5.41, 5.74) is -0.518. The van der Waals surface area contributed by atoms with Crippen molar-refractivity contribution in [3.63, 3.8) is 0 Å². The molecule has 1 aliphatic heterocycles. The highest BCUT2D eigenvalue weighted by atomic mass is 16.6. The summed E-state index contributed by atoms with van der Waals surface area (Å²) < 4.78 is 16.5. The summed E-state index contributed by atoms with van der Waals surface area (Å²) in [7, 11) is 0. The quantitative estimate of drug-likeness (QED) is 0.583. The van der Waals surface area contributed by atoms with E-state index in [0.29, 0.717) is 39.1 Å². The number of rotatable bonds is 9. The summed E-state index contributed by atoms with van der Waals surface area (Å²) in [5.74, 6) is 1.96. The number of alkyl carbamates (subject to hydrolysis) is 1. The number of nitrogens with one attached hydrogen (secondary N) is 1. The molecule has 0 saturated carbocycles. The lowest BCUT2D eigenvalue weighted by molar-refractivity contribution is -0.133. The van der Waals surface area contributed by atoms with Crippen LogP contribution in [-0.4, -0.2) is 54.8 Å². The van der Waals surface area contributed by atoms with Gasteiger partial charge in [0.05, 0.1) is 13.2 Å². The number of carbonyl (C=O) groups excluding carboxylic acids is 2. The Balaban J connectivity index is 1.72. The number of likely N-dealkylation sites (tertiary alicyclic amines) is 1. The number of hydrogen-bond donors (Lipinski definition) is 1. The minimum Gasteiger partial charge on any atom is -0.494 e.